The maximum Gasteiger partial charge on any atom is 0.124 e. The Balaban J connectivity index is 1.86. The second-order valence-corrected chi connectivity index (χ2v) is 5.33. The van der Waals surface area contributed by atoms with Crippen LogP contribution in [0, 0.1) is 11.8 Å². The Labute approximate surface area is 86.6 Å². The lowest BCUT2D eigenvalue weighted by molar-refractivity contribution is -0.125. The Hall–Kier alpha value is -0.0800. The van der Waals surface area contributed by atoms with E-state index in [4.69, 9.17) is 4.74 Å². The molecule has 0 radical (unpaired) electrons. The van der Waals surface area contributed by atoms with Gasteiger partial charge in [-0.15, -0.1) is 0 Å². The van der Waals surface area contributed by atoms with Gasteiger partial charge in [-0.1, -0.05) is 6.92 Å². The van der Waals surface area contributed by atoms with Crippen LogP contribution in [0.25, 0.3) is 0 Å². The summed E-state index contributed by atoms with van der Waals surface area (Å²) in [5.74, 6) is 1.62. The molecule has 2 nitrogen and oxygen atoms in total. The van der Waals surface area contributed by atoms with E-state index < -0.39 is 0 Å². The molecule has 3 fully saturated rings. The van der Waals surface area contributed by atoms with Gasteiger partial charge in [-0.3, -0.25) is 4.90 Å². The van der Waals surface area contributed by atoms with E-state index in [9.17, 15) is 0 Å². The topological polar surface area (TPSA) is 12.5 Å². The zero-order chi connectivity index (χ0) is 9.60. The number of likely N-dealkylation sites (tertiary alicyclic amines) is 1. The normalized spacial score (nSPS) is 48.6. The van der Waals surface area contributed by atoms with E-state index in [1.54, 1.807) is 0 Å². The highest BCUT2D eigenvalue weighted by atomic mass is 16.5. The second kappa shape index (κ2) is 3.21. The summed E-state index contributed by atoms with van der Waals surface area (Å²) in [4.78, 5) is 2.65. The number of ether oxygens (including phenoxy) is 1. The molecular weight excluding hydrogens is 174 g/mol. The predicted octanol–water partition coefficient (Wildman–Crippen LogP) is 2.24. The molecule has 3 atom stereocenters. The Morgan fingerprint density at radius 1 is 1.21 bits per heavy atom. The molecule has 80 valence electrons. The van der Waals surface area contributed by atoms with Gasteiger partial charge in [0, 0.05) is 19.0 Å². The van der Waals surface area contributed by atoms with Crippen LogP contribution >= 0.6 is 0 Å². The van der Waals surface area contributed by atoms with E-state index in [0.717, 1.165) is 18.4 Å². The van der Waals surface area contributed by atoms with E-state index in [-0.39, 0.29) is 5.72 Å². The van der Waals surface area contributed by atoms with Gasteiger partial charge in [0.25, 0.3) is 0 Å². The minimum Gasteiger partial charge on any atom is -0.360 e. The fraction of sp³-hybridized carbons (Fsp3) is 1.00. The minimum atomic E-state index is 0.190. The van der Waals surface area contributed by atoms with Crippen molar-refractivity contribution < 1.29 is 4.74 Å². The van der Waals surface area contributed by atoms with E-state index >= 15 is 0 Å². The summed E-state index contributed by atoms with van der Waals surface area (Å²) in [6, 6.07) is 0. The standard InChI is InChI=1S/C12H21NO/c1-10-9-14-12(6-4-5-11(10)12)13-7-2-3-8-13/h10-11H,2-9H2,1H3. The molecule has 1 aliphatic carbocycles. The van der Waals surface area contributed by atoms with Gasteiger partial charge < -0.3 is 4.74 Å². The van der Waals surface area contributed by atoms with Crippen LogP contribution < -0.4 is 0 Å². The summed E-state index contributed by atoms with van der Waals surface area (Å²) >= 11 is 0. The van der Waals surface area contributed by atoms with Gasteiger partial charge in [-0.25, -0.2) is 0 Å². The first-order chi connectivity index (χ1) is 6.83. The van der Waals surface area contributed by atoms with Gasteiger partial charge in [0.05, 0.1) is 6.61 Å². The fourth-order valence-electron chi connectivity index (χ4n) is 3.87. The van der Waals surface area contributed by atoms with Crippen molar-refractivity contribution >= 4 is 0 Å². The highest BCUT2D eigenvalue weighted by molar-refractivity contribution is 5.00. The smallest absolute Gasteiger partial charge is 0.124 e. The zero-order valence-corrected chi connectivity index (χ0v) is 9.17. The number of hydrogen-bond acceptors (Lipinski definition) is 2. The van der Waals surface area contributed by atoms with Crippen LogP contribution in [0.15, 0.2) is 0 Å². The van der Waals surface area contributed by atoms with Crippen LogP contribution in [-0.4, -0.2) is 30.3 Å². The molecule has 2 heterocycles. The third kappa shape index (κ3) is 1.10. The maximum atomic E-state index is 6.19. The van der Waals surface area contributed by atoms with Crippen LogP contribution in [0.1, 0.15) is 39.0 Å². The molecule has 0 amide bonds. The molecule has 2 heteroatoms. The van der Waals surface area contributed by atoms with Crippen LogP contribution in [0.5, 0.6) is 0 Å². The Kier molecular flexibility index (Phi) is 2.10. The van der Waals surface area contributed by atoms with Gasteiger partial charge in [0.1, 0.15) is 5.72 Å². The lowest BCUT2D eigenvalue weighted by atomic mass is 9.89. The largest absolute Gasteiger partial charge is 0.360 e. The zero-order valence-electron chi connectivity index (χ0n) is 9.17. The first-order valence-electron chi connectivity index (χ1n) is 6.22. The van der Waals surface area contributed by atoms with Crippen LogP contribution in [-0.2, 0) is 4.74 Å². The van der Waals surface area contributed by atoms with Crippen molar-refractivity contribution in [2.24, 2.45) is 11.8 Å². The minimum absolute atomic E-state index is 0.190. The van der Waals surface area contributed by atoms with Crippen LogP contribution in [0.2, 0.25) is 0 Å². The summed E-state index contributed by atoms with van der Waals surface area (Å²) in [5.41, 5.74) is 0.190. The van der Waals surface area contributed by atoms with Crippen molar-refractivity contribution in [2.45, 2.75) is 44.8 Å². The average molecular weight is 195 g/mol. The molecule has 0 N–H and O–H groups in total. The molecule has 0 aromatic heterocycles. The van der Waals surface area contributed by atoms with Crippen molar-refractivity contribution in [1.82, 2.24) is 4.90 Å². The van der Waals surface area contributed by atoms with Crippen LogP contribution in [0.3, 0.4) is 0 Å². The highest BCUT2D eigenvalue weighted by Crippen LogP contribution is 2.50. The summed E-state index contributed by atoms with van der Waals surface area (Å²) < 4.78 is 6.19. The molecule has 2 aliphatic heterocycles. The lowest BCUT2D eigenvalue weighted by Gasteiger charge is -2.38. The first-order valence-corrected chi connectivity index (χ1v) is 6.22. The van der Waals surface area contributed by atoms with E-state index in [1.165, 1.54) is 45.2 Å². The van der Waals surface area contributed by atoms with E-state index in [0.29, 0.717) is 0 Å². The molecule has 3 rings (SSSR count). The molecule has 0 aromatic carbocycles. The van der Waals surface area contributed by atoms with E-state index in [1.807, 2.05) is 0 Å². The molecule has 0 bridgehead atoms. The number of rotatable bonds is 1. The summed E-state index contributed by atoms with van der Waals surface area (Å²) in [7, 11) is 0. The van der Waals surface area contributed by atoms with Gasteiger partial charge in [0.2, 0.25) is 0 Å². The number of nitrogens with zero attached hydrogens (tertiary/aromatic N) is 1. The summed E-state index contributed by atoms with van der Waals surface area (Å²) in [6.45, 7) is 5.93. The second-order valence-electron chi connectivity index (χ2n) is 5.33. The third-order valence-electron chi connectivity index (χ3n) is 4.55. The van der Waals surface area contributed by atoms with Crippen molar-refractivity contribution in [3.05, 3.63) is 0 Å². The van der Waals surface area contributed by atoms with E-state index in [2.05, 4.69) is 11.8 Å². The third-order valence-corrected chi connectivity index (χ3v) is 4.55. The number of hydrogen-bond donors (Lipinski definition) is 0. The highest BCUT2D eigenvalue weighted by Gasteiger charge is 2.54. The fourth-order valence-corrected chi connectivity index (χ4v) is 3.87. The molecule has 1 saturated carbocycles. The predicted molar refractivity (Wildman–Crippen MR) is 56.0 cm³/mol. The first kappa shape index (κ1) is 9.17. The summed E-state index contributed by atoms with van der Waals surface area (Å²) in [5, 5.41) is 0. The SMILES string of the molecule is CC1COC2(N3CCCC3)CCCC12. The van der Waals surface area contributed by atoms with Crippen molar-refractivity contribution in [3.63, 3.8) is 0 Å². The molecule has 3 aliphatic rings. The quantitative estimate of drug-likeness (QED) is 0.636. The van der Waals surface area contributed by atoms with Gasteiger partial charge in [0.15, 0.2) is 0 Å². The molecule has 2 saturated heterocycles. The Bertz CT molecular complexity index is 224. The molecule has 14 heavy (non-hydrogen) atoms. The maximum absolute atomic E-state index is 6.19. The van der Waals surface area contributed by atoms with Crippen LogP contribution in [0.4, 0.5) is 0 Å². The molecular formula is C12H21NO. The molecule has 0 aromatic rings. The van der Waals surface area contributed by atoms with Gasteiger partial charge in [-0.05, 0) is 38.0 Å². The average Bonchev–Trinajstić information content (AvgIpc) is 2.83. The molecule has 0 spiro atoms. The lowest BCUT2D eigenvalue weighted by Crippen LogP contribution is -2.49. The van der Waals surface area contributed by atoms with Crippen molar-refractivity contribution in [1.29, 1.82) is 0 Å². The Morgan fingerprint density at radius 3 is 2.79 bits per heavy atom. The van der Waals surface area contributed by atoms with Gasteiger partial charge in [-0.2, -0.15) is 0 Å². The van der Waals surface area contributed by atoms with Gasteiger partial charge >= 0.3 is 0 Å². The summed E-state index contributed by atoms with van der Waals surface area (Å²) in [6.07, 6.45) is 6.84. The Morgan fingerprint density at radius 2 is 2.00 bits per heavy atom. The van der Waals surface area contributed by atoms with Crippen molar-refractivity contribution in [3.8, 4) is 0 Å². The number of fused-ring (bicyclic) bond motifs is 1. The monoisotopic (exact) mass is 195 g/mol. The van der Waals surface area contributed by atoms with Crippen molar-refractivity contribution in [2.75, 3.05) is 19.7 Å². The molecule has 3 unspecified atom stereocenters.